The Labute approximate surface area is 175 Å². The van der Waals surface area contributed by atoms with Crippen molar-refractivity contribution in [2.24, 2.45) is 5.92 Å². The molecule has 0 aromatic heterocycles. The van der Waals surface area contributed by atoms with Crippen LogP contribution in [0.4, 0.5) is 4.39 Å². The lowest BCUT2D eigenvalue weighted by Crippen LogP contribution is -2.39. The normalized spacial score (nSPS) is 20.8. The van der Waals surface area contributed by atoms with E-state index < -0.39 is 0 Å². The predicted molar refractivity (Wildman–Crippen MR) is 113 cm³/mol. The molecule has 28 heavy (non-hydrogen) atoms. The fraction of sp³-hybridized carbons (Fsp3) is 0.409. The zero-order valence-electron chi connectivity index (χ0n) is 16.1. The number of nitrogens with one attached hydrogen (secondary N) is 1. The van der Waals surface area contributed by atoms with Gasteiger partial charge < -0.3 is 10.2 Å². The van der Waals surface area contributed by atoms with Crippen LogP contribution < -0.4 is 5.32 Å². The molecule has 0 saturated heterocycles. The lowest BCUT2D eigenvalue weighted by atomic mass is 9.78. The SMILES string of the molecule is CN(C)C(c1cccc(F)c1)C1CCC(NC(=O)c2ccc(Cl)c(Cl)c2)CC1. The summed E-state index contributed by atoms with van der Waals surface area (Å²) >= 11 is 11.9. The summed E-state index contributed by atoms with van der Waals surface area (Å²) < 4.78 is 13.7. The minimum Gasteiger partial charge on any atom is -0.349 e. The van der Waals surface area contributed by atoms with E-state index in [4.69, 9.17) is 23.2 Å². The van der Waals surface area contributed by atoms with Gasteiger partial charge in [0.2, 0.25) is 0 Å². The maximum Gasteiger partial charge on any atom is 0.251 e. The molecule has 6 heteroatoms. The van der Waals surface area contributed by atoms with Crippen LogP contribution in [-0.2, 0) is 0 Å². The standard InChI is InChI=1S/C22H25Cl2FN2O/c1-27(2)21(15-4-3-5-17(25)12-15)14-6-9-18(10-7-14)26-22(28)16-8-11-19(23)20(24)13-16/h3-5,8,11-14,18,21H,6-7,9-10H2,1-2H3,(H,26,28). The molecular formula is C22H25Cl2FN2O. The van der Waals surface area contributed by atoms with E-state index in [1.54, 1.807) is 30.3 Å². The van der Waals surface area contributed by atoms with Gasteiger partial charge in [-0.1, -0.05) is 35.3 Å². The van der Waals surface area contributed by atoms with E-state index in [-0.39, 0.29) is 23.8 Å². The van der Waals surface area contributed by atoms with Crippen LogP contribution in [0.5, 0.6) is 0 Å². The van der Waals surface area contributed by atoms with Crippen molar-refractivity contribution in [3.63, 3.8) is 0 Å². The average Bonchev–Trinajstić information content (AvgIpc) is 2.65. The molecule has 0 spiro atoms. The van der Waals surface area contributed by atoms with E-state index in [0.29, 0.717) is 21.5 Å². The minimum atomic E-state index is -0.202. The number of hydrogen-bond donors (Lipinski definition) is 1. The number of nitrogens with zero attached hydrogens (tertiary/aromatic N) is 1. The van der Waals surface area contributed by atoms with Gasteiger partial charge in [-0.05, 0) is 81.6 Å². The second-order valence-electron chi connectivity index (χ2n) is 7.68. The molecule has 2 aromatic carbocycles. The molecule has 1 N–H and O–H groups in total. The summed E-state index contributed by atoms with van der Waals surface area (Å²) in [5, 5.41) is 3.92. The van der Waals surface area contributed by atoms with Crippen molar-refractivity contribution in [1.82, 2.24) is 10.2 Å². The van der Waals surface area contributed by atoms with Crippen LogP contribution in [-0.4, -0.2) is 30.9 Å². The van der Waals surface area contributed by atoms with Crippen LogP contribution in [0.3, 0.4) is 0 Å². The number of amides is 1. The van der Waals surface area contributed by atoms with Crippen molar-refractivity contribution in [2.75, 3.05) is 14.1 Å². The summed E-state index contributed by atoms with van der Waals surface area (Å²) in [6.45, 7) is 0. The van der Waals surface area contributed by atoms with Crippen molar-refractivity contribution in [3.8, 4) is 0 Å². The molecule has 150 valence electrons. The Hall–Kier alpha value is -1.62. The average molecular weight is 423 g/mol. The third-order valence-electron chi connectivity index (χ3n) is 5.48. The molecule has 2 aromatic rings. The van der Waals surface area contributed by atoms with Gasteiger partial charge in [0, 0.05) is 17.6 Å². The summed E-state index contributed by atoms with van der Waals surface area (Å²) in [5.74, 6) is 0.0955. The largest absolute Gasteiger partial charge is 0.349 e. The number of carbonyl (C=O) groups excluding carboxylic acids is 1. The van der Waals surface area contributed by atoms with E-state index in [9.17, 15) is 9.18 Å². The summed E-state index contributed by atoms with van der Waals surface area (Å²) in [5.41, 5.74) is 1.52. The van der Waals surface area contributed by atoms with Crippen molar-refractivity contribution in [2.45, 2.75) is 37.8 Å². The fourth-order valence-electron chi connectivity index (χ4n) is 4.17. The molecule has 3 nitrogen and oxygen atoms in total. The van der Waals surface area contributed by atoms with Crippen LogP contribution in [0, 0.1) is 11.7 Å². The molecule has 0 aliphatic heterocycles. The Kier molecular flexibility index (Phi) is 6.97. The Morgan fingerprint density at radius 1 is 1.07 bits per heavy atom. The van der Waals surface area contributed by atoms with Crippen molar-refractivity contribution in [3.05, 3.63) is 69.5 Å². The smallest absolute Gasteiger partial charge is 0.251 e. The van der Waals surface area contributed by atoms with Crippen molar-refractivity contribution < 1.29 is 9.18 Å². The molecular weight excluding hydrogens is 398 g/mol. The zero-order valence-corrected chi connectivity index (χ0v) is 17.6. The summed E-state index contributed by atoms with van der Waals surface area (Å²) in [6, 6.07) is 12.1. The Balaban J connectivity index is 1.61. The molecule has 1 aliphatic carbocycles. The highest BCUT2D eigenvalue weighted by molar-refractivity contribution is 6.42. The van der Waals surface area contributed by atoms with Crippen LogP contribution in [0.15, 0.2) is 42.5 Å². The van der Waals surface area contributed by atoms with Crippen molar-refractivity contribution >= 4 is 29.1 Å². The quantitative estimate of drug-likeness (QED) is 0.667. The first-order valence-corrected chi connectivity index (χ1v) is 10.3. The summed E-state index contributed by atoms with van der Waals surface area (Å²) in [4.78, 5) is 14.7. The van der Waals surface area contributed by atoms with Gasteiger partial charge in [0.15, 0.2) is 0 Å². The van der Waals surface area contributed by atoms with Crippen LogP contribution >= 0.6 is 23.2 Å². The highest BCUT2D eigenvalue weighted by Crippen LogP contribution is 2.37. The minimum absolute atomic E-state index is 0.128. The molecule has 1 atom stereocenters. The highest BCUT2D eigenvalue weighted by atomic mass is 35.5. The number of benzene rings is 2. The van der Waals surface area contributed by atoms with E-state index >= 15 is 0 Å². The Morgan fingerprint density at radius 2 is 1.79 bits per heavy atom. The summed E-state index contributed by atoms with van der Waals surface area (Å²) in [7, 11) is 4.07. The van der Waals surface area contributed by atoms with Gasteiger partial charge in [-0.25, -0.2) is 4.39 Å². The van der Waals surface area contributed by atoms with E-state index in [1.165, 1.54) is 6.07 Å². The number of hydrogen-bond acceptors (Lipinski definition) is 2. The highest BCUT2D eigenvalue weighted by Gasteiger charge is 2.30. The van der Waals surface area contributed by atoms with Gasteiger partial charge in [0.25, 0.3) is 5.91 Å². The van der Waals surface area contributed by atoms with E-state index in [0.717, 1.165) is 31.2 Å². The molecule has 0 heterocycles. The second-order valence-corrected chi connectivity index (χ2v) is 8.49. The zero-order chi connectivity index (χ0) is 20.3. The van der Waals surface area contributed by atoms with Gasteiger partial charge in [-0.3, -0.25) is 4.79 Å². The molecule has 1 unspecified atom stereocenters. The van der Waals surface area contributed by atoms with Crippen LogP contribution in [0.1, 0.15) is 47.6 Å². The molecule has 0 radical (unpaired) electrons. The second kappa shape index (κ2) is 9.25. The summed E-state index contributed by atoms with van der Waals surface area (Å²) in [6.07, 6.45) is 3.76. The fourth-order valence-corrected chi connectivity index (χ4v) is 4.47. The van der Waals surface area contributed by atoms with Gasteiger partial charge >= 0.3 is 0 Å². The third kappa shape index (κ3) is 5.05. The van der Waals surface area contributed by atoms with Gasteiger partial charge in [0.1, 0.15) is 5.82 Å². The first-order valence-electron chi connectivity index (χ1n) is 9.53. The lowest BCUT2D eigenvalue weighted by molar-refractivity contribution is 0.0906. The first kappa shape index (κ1) is 21.1. The number of rotatable bonds is 5. The molecule has 1 saturated carbocycles. The topological polar surface area (TPSA) is 32.3 Å². The van der Waals surface area contributed by atoms with Crippen LogP contribution in [0.25, 0.3) is 0 Å². The number of halogens is 3. The predicted octanol–water partition coefficient (Wildman–Crippen LogP) is 5.72. The first-order chi connectivity index (χ1) is 13.3. The third-order valence-corrected chi connectivity index (χ3v) is 6.22. The van der Waals surface area contributed by atoms with E-state index in [1.807, 2.05) is 20.2 Å². The van der Waals surface area contributed by atoms with Gasteiger partial charge in [-0.15, -0.1) is 0 Å². The molecule has 0 bridgehead atoms. The Bertz CT molecular complexity index is 835. The molecule has 1 amide bonds. The van der Waals surface area contributed by atoms with Gasteiger partial charge in [0.05, 0.1) is 10.0 Å². The monoisotopic (exact) mass is 422 g/mol. The maximum absolute atomic E-state index is 13.7. The van der Waals surface area contributed by atoms with Crippen molar-refractivity contribution in [1.29, 1.82) is 0 Å². The Morgan fingerprint density at radius 3 is 2.39 bits per heavy atom. The molecule has 1 fully saturated rings. The van der Waals surface area contributed by atoms with Gasteiger partial charge in [-0.2, -0.15) is 0 Å². The van der Waals surface area contributed by atoms with E-state index in [2.05, 4.69) is 10.2 Å². The maximum atomic E-state index is 13.7. The lowest BCUT2D eigenvalue weighted by Gasteiger charge is -2.37. The molecule has 3 rings (SSSR count). The van der Waals surface area contributed by atoms with Crippen LogP contribution in [0.2, 0.25) is 10.0 Å². The number of carbonyl (C=O) groups is 1. The molecule has 1 aliphatic rings.